The van der Waals surface area contributed by atoms with Crippen LogP contribution in [-0.2, 0) is 11.4 Å². The van der Waals surface area contributed by atoms with Crippen molar-refractivity contribution in [1.82, 2.24) is 14.8 Å². The number of carboxylic acid groups (broad SMARTS) is 1. The van der Waals surface area contributed by atoms with Crippen molar-refractivity contribution in [3.05, 3.63) is 42.0 Å². The molecule has 1 aromatic heterocycles. The van der Waals surface area contributed by atoms with Gasteiger partial charge in [0.2, 0.25) is 0 Å². The first kappa shape index (κ1) is 13.1. The Morgan fingerprint density at radius 2 is 2.05 bits per heavy atom. The molecule has 1 heterocycles. The standard InChI is InChI=1S/C13H15N3O3/c1-9(13(17)18)16-10(2)14-15-12(16)8-19-11-6-4-3-5-7-11/h3-7,9H,8H2,1-2H3,(H,17,18). The largest absolute Gasteiger partial charge is 0.486 e. The second-order valence-corrected chi connectivity index (χ2v) is 4.15. The van der Waals surface area contributed by atoms with Crippen LogP contribution >= 0.6 is 0 Å². The lowest BCUT2D eigenvalue weighted by Gasteiger charge is -2.13. The number of carbonyl (C=O) groups is 1. The lowest BCUT2D eigenvalue weighted by Crippen LogP contribution is -2.20. The Labute approximate surface area is 110 Å². The van der Waals surface area contributed by atoms with E-state index in [0.717, 1.165) is 0 Å². The second kappa shape index (κ2) is 5.51. The molecule has 0 amide bonds. The number of benzene rings is 1. The van der Waals surface area contributed by atoms with Gasteiger partial charge >= 0.3 is 5.97 Å². The summed E-state index contributed by atoms with van der Waals surface area (Å²) in [6, 6.07) is 8.56. The van der Waals surface area contributed by atoms with Crippen LogP contribution in [0.1, 0.15) is 24.6 Å². The summed E-state index contributed by atoms with van der Waals surface area (Å²) in [6.07, 6.45) is 0. The SMILES string of the molecule is Cc1nnc(COc2ccccc2)n1C(C)C(=O)O. The molecule has 0 bridgehead atoms. The van der Waals surface area contributed by atoms with Crippen LogP contribution in [0.25, 0.3) is 0 Å². The number of aliphatic carboxylic acids is 1. The number of hydrogen-bond acceptors (Lipinski definition) is 4. The van der Waals surface area contributed by atoms with E-state index in [-0.39, 0.29) is 6.61 Å². The van der Waals surface area contributed by atoms with Crippen molar-refractivity contribution in [1.29, 1.82) is 0 Å². The van der Waals surface area contributed by atoms with Crippen molar-refractivity contribution < 1.29 is 14.6 Å². The summed E-state index contributed by atoms with van der Waals surface area (Å²) in [5.74, 6) is 0.833. The van der Waals surface area contributed by atoms with Crippen molar-refractivity contribution in [2.75, 3.05) is 0 Å². The van der Waals surface area contributed by atoms with Crippen LogP contribution in [0, 0.1) is 6.92 Å². The molecule has 1 atom stereocenters. The van der Waals surface area contributed by atoms with Gasteiger partial charge in [-0.3, -0.25) is 4.57 Å². The topological polar surface area (TPSA) is 77.2 Å². The van der Waals surface area contributed by atoms with E-state index in [9.17, 15) is 4.79 Å². The Balaban J connectivity index is 2.15. The number of aryl methyl sites for hydroxylation is 1. The van der Waals surface area contributed by atoms with Gasteiger partial charge in [0.05, 0.1) is 0 Å². The maximum atomic E-state index is 11.1. The highest BCUT2D eigenvalue weighted by Crippen LogP contribution is 2.15. The van der Waals surface area contributed by atoms with Crippen LogP contribution in [0.2, 0.25) is 0 Å². The third-order valence-electron chi connectivity index (χ3n) is 2.79. The molecule has 1 N–H and O–H groups in total. The summed E-state index contributed by atoms with van der Waals surface area (Å²) in [7, 11) is 0. The average Bonchev–Trinajstić information content (AvgIpc) is 2.77. The molecule has 6 nitrogen and oxygen atoms in total. The van der Waals surface area contributed by atoms with Crippen LogP contribution in [0.15, 0.2) is 30.3 Å². The predicted octanol–water partition coefficient (Wildman–Crippen LogP) is 1.81. The highest BCUT2D eigenvalue weighted by Gasteiger charge is 2.20. The Morgan fingerprint density at radius 3 is 2.68 bits per heavy atom. The molecular formula is C13H15N3O3. The van der Waals surface area contributed by atoms with Gasteiger partial charge in [-0.15, -0.1) is 10.2 Å². The van der Waals surface area contributed by atoms with E-state index in [2.05, 4.69) is 10.2 Å². The van der Waals surface area contributed by atoms with Crippen LogP contribution < -0.4 is 4.74 Å². The minimum Gasteiger partial charge on any atom is -0.486 e. The zero-order chi connectivity index (χ0) is 13.8. The maximum Gasteiger partial charge on any atom is 0.326 e. The highest BCUT2D eigenvalue weighted by molar-refractivity contribution is 5.71. The Bertz CT molecular complexity index is 566. The van der Waals surface area contributed by atoms with Crippen LogP contribution in [0.5, 0.6) is 5.75 Å². The van der Waals surface area contributed by atoms with Crippen molar-refractivity contribution in [3.63, 3.8) is 0 Å². The number of carboxylic acids is 1. The molecule has 0 aliphatic carbocycles. The lowest BCUT2D eigenvalue weighted by molar-refractivity contribution is -0.140. The van der Waals surface area contributed by atoms with Crippen LogP contribution in [-0.4, -0.2) is 25.8 Å². The molecule has 0 fully saturated rings. The molecule has 19 heavy (non-hydrogen) atoms. The van der Waals surface area contributed by atoms with E-state index in [4.69, 9.17) is 9.84 Å². The molecule has 0 saturated heterocycles. The van der Waals surface area contributed by atoms with Crippen LogP contribution in [0.3, 0.4) is 0 Å². The average molecular weight is 261 g/mol. The maximum absolute atomic E-state index is 11.1. The van der Waals surface area contributed by atoms with Crippen molar-refractivity contribution in [3.8, 4) is 5.75 Å². The summed E-state index contributed by atoms with van der Waals surface area (Å²) < 4.78 is 7.12. The molecular weight excluding hydrogens is 246 g/mol. The van der Waals surface area contributed by atoms with Gasteiger partial charge in [0.15, 0.2) is 5.82 Å². The molecule has 2 aromatic rings. The number of hydrogen-bond donors (Lipinski definition) is 1. The van der Waals surface area contributed by atoms with E-state index in [1.54, 1.807) is 18.4 Å². The van der Waals surface area contributed by atoms with Gasteiger partial charge in [0, 0.05) is 0 Å². The van der Waals surface area contributed by atoms with Crippen LogP contribution in [0.4, 0.5) is 0 Å². The molecule has 1 unspecified atom stereocenters. The van der Waals surface area contributed by atoms with Gasteiger partial charge in [0.25, 0.3) is 0 Å². The fourth-order valence-corrected chi connectivity index (χ4v) is 1.79. The summed E-state index contributed by atoms with van der Waals surface area (Å²) in [5, 5.41) is 16.9. The van der Waals surface area contributed by atoms with Gasteiger partial charge < -0.3 is 9.84 Å². The first-order chi connectivity index (χ1) is 9.09. The molecule has 6 heteroatoms. The van der Waals surface area contributed by atoms with Gasteiger partial charge in [-0.1, -0.05) is 18.2 Å². The normalized spacial score (nSPS) is 12.1. The zero-order valence-corrected chi connectivity index (χ0v) is 10.8. The Morgan fingerprint density at radius 1 is 1.37 bits per heavy atom. The fourth-order valence-electron chi connectivity index (χ4n) is 1.79. The Hall–Kier alpha value is -2.37. The quantitative estimate of drug-likeness (QED) is 0.888. The zero-order valence-electron chi connectivity index (χ0n) is 10.8. The van der Waals surface area contributed by atoms with E-state index in [1.165, 1.54) is 0 Å². The van der Waals surface area contributed by atoms with Crippen molar-refractivity contribution >= 4 is 5.97 Å². The summed E-state index contributed by atoms with van der Waals surface area (Å²) in [4.78, 5) is 11.1. The third-order valence-corrected chi connectivity index (χ3v) is 2.79. The molecule has 100 valence electrons. The number of ether oxygens (including phenoxy) is 1. The molecule has 0 radical (unpaired) electrons. The summed E-state index contributed by atoms with van der Waals surface area (Å²) in [5.41, 5.74) is 0. The molecule has 1 aromatic carbocycles. The predicted molar refractivity (Wildman–Crippen MR) is 67.9 cm³/mol. The lowest BCUT2D eigenvalue weighted by atomic mass is 10.3. The van der Waals surface area contributed by atoms with E-state index < -0.39 is 12.0 Å². The van der Waals surface area contributed by atoms with Crippen molar-refractivity contribution in [2.24, 2.45) is 0 Å². The smallest absolute Gasteiger partial charge is 0.326 e. The van der Waals surface area contributed by atoms with E-state index in [1.807, 2.05) is 30.3 Å². The van der Waals surface area contributed by atoms with Gasteiger partial charge in [0.1, 0.15) is 24.2 Å². The van der Waals surface area contributed by atoms with Crippen molar-refractivity contribution in [2.45, 2.75) is 26.5 Å². The fraction of sp³-hybridized carbons (Fsp3) is 0.308. The highest BCUT2D eigenvalue weighted by atomic mass is 16.5. The third kappa shape index (κ3) is 2.90. The molecule has 0 aliphatic rings. The van der Waals surface area contributed by atoms with Gasteiger partial charge in [-0.05, 0) is 26.0 Å². The van der Waals surface area contributed by atoms with Gasteiger partial charge in [-0.2, -0.15) is 0 Å². The first-order valence-electron chi connectivity index (χ1n) is 5.90. The second-order valence-electron chi connectivity index (χ2n) is 4.15. The number of aromatic nitrogens is 3. The number of rotatable bonds is 5. The minimum absolute atomic E-state index is 0.183. The van der Waals surface area contributed by atoms with E-state index in [0.29, 0.717) is 17.4 Å². The number of para-hydroxylation sites is 1. The molecule has 0 saturated carbocycles. The monoisotopic (exact) mass is 261 g/mol. The first-order valence-corrected chi connectivity index (χ1v) is 5.90. The molecule has 0 spiro atoms. The molecule has 2 rings (SSSR count). The summed E-state index contributed by atoms with van der Waals surface area (Å²) >= 11 is 0. The molecule has 0 aliphatic heterocycles. The minimum atomic E-state index is -0.927. The number of nitrogens with zero attached hydrogens (tertiary/aromatic N) is 3. The Kier molecular flexibility index (Phi) is 3.79. The van der Waals surface area contributed by atoms with Gasteiger partial charge in [-0.25, -0.2) is 4.79 Å². The van der Waals surface area contributed by atoms with E-state index >= 15 is 0 Å². The summed E-state index contributed by atoms with van der Waals surface area (Å²) in [6.45, 7) is 3.49.